The molecule has 0 unspecified atom stereocenters. The van der Waals surface area contributed by atoms with E-state index in [1.807, 2.05) is 0 Å². The van der Waals surface area contributed by atoms with Gasteiger partial charge in [-0.15, -0.1) is 0 Å². The molecule has 49 heavy (non-hydrogen) atoms. The number of hydrogen-bond donors (Lipinski definition) is 0. The van der Waals surface area contributed by atoms with Gasteiger partial charge < -0.3 is 0 Å². The zero-order valence-electron chi connectivity index (χ0n) is 34.1. The fourth-order valence-corrected chi connectivity index (χ4v) is 6.41. The summed E-state index contributed by atoms with van der Waals surface area (Å²) in [7, 11) is 0. The fraction of sp³-hybridized carbons (Fsp3) is 0.700. The van der Waals surface area contributed by atoms with E-state index in [1.54, 1.807) is 37.5 Å². The van der Waals surface area contributed by atoms with Crippen molar-refractivity contribution < 1.29 is 0 Å². The van der Waals surface area contributed by atoms with Gasteiger partial charge in [-0.25, -0.2) is 43.0 Å². The summed E-state index contributed by atoms with van der Waals surface area (Å²) in [4.78, 5) is 47.8. The van der Waals surface area contributed by atoms with E-state index >= 15 is 0 Å². The molecule has 0 fully saturated rings. The van der Waals surface area contributed by atoms with Crippen molar-refractivity contribution in [2.24, 2.45) is 11.8 Å². The Kier molecular flexibility index (Phi) is 21.5. The molecule has 2 aromatic heterocycles. The van der Waals surface area contributed by atoms with Crippen LogP contribution in [-0.4, -0.2) is 28.7 Å². The van der Waals surface area contributed by atoms with E-state index in [1.165, 1.54) is 23.1 Å². The third kappa shape index (κ3) is 13.1. The zero-order chi connectivity index (χ0) is 38.0. The molecule has 0 aliphatic heterocycles. The van der Waals surface area contributed by atoms with Crippen molar-refractivity contribution in [3.8, 4) is 0 Å². The van der Waals surface area contributed by atoms with E-state index in [0.717, 1.165) is 81.5 Å². The number of nitrogens with zero attached hydrogens (tertiary/aromatic N) is 6. The largest absolute Gasteiger partial charge is 0.336 e. The Morgan fingerprint density at radius 1 is 0.429 bits per heavy atom. The average molecular weight is 683 g/mol. The Morgan fingerprint density at radius 3 is 0.776 bits per heavy atom. The number of aromatic nitrogens is 6. The lowest BCUT2D eigenvalue weighted by molar-refractivity contribution is 0.469. The lowest BCUT2D eigenvalue weighted by atomic mass is 9.85. The quantitative estimate of drug-likeness (QED) is 0.205. The summed E-state index contributed by atoms with van der Waals surface area (Å²) in [5.74, 6) is 4.50. The van der Waals surface area contributed by atoms with E-state index < -0.39 is 17.1 Å². The first-order chi connectivity index (χ1) is 23.1. The third-order valence-electron chi connectivity index (χ3n) is 8.78. The maximum atomic E-state index is 11.7. The molecule has 2 heterocycles. The molecule has 1 aromatic carbocycles. The van der Waals surface area contributed by atoms with E-state index in [0.29, 0.717) is 0 Å². The lowest BCUT2D eigenvalue weighted by Gasteiger charge is -2.20. The molecule has 0 radical (unpaired) electrons. The highest BCUT2D eigenvalue weighted by molar-refractivity contribution is 5.50. The Labute approximate surface area is 297 Å². The van der Waals surface area contributed by atoms with Crippen LogP contribution < -0.4 is 17.1 Å². The van der Waals surface area contributed by atoms with Gasteiger partial charge in [-0.2, -0.15) is 0 Å². The number of hydrogen-bond acceptors (Lipinski definition) is 6. The van der Waals surface area contributed by atoms with Crippen LogP contribution in [0.15, 0.2) is 14.4 Å². The Bertz CT molecular complexity index is 1370. The second kappa shape index (κ2) is 23.1. The summed E-state index contributed by atoms with van der Waals surface area (Å²) in [6.07, 6.45) is 7.53. The van der Waals surface area contributed by atoms with Crippen molar-refractivity contribution in [3.05, 3.63) is 82.3 Å². The SMILES string of the molecule is CC(C)CC(C)C.CCc1c(C)c(CC)c(C)c(CC)c1C.CCc1nc(CC)nc(CC)n1.CCn1c(=O)n(CC)c(=O)n(CC)c1=O. The summed E-state index contributed by atoms with van der Waals surface area (Å²) in [6, 6.07) is 0. The van der Waals surface area contributed by atoms with Gasteiger partial charge in [-0.3, -0.25) is 0 Å². The summed E-state index contributed by atoms with van der Waals surface area (Å²) in [5.41, 5.74) is 7.75. The van der Waals surface area contributed by atoms with Gasteiger partial charge in [0.15, 0.2) is 0 Å². The number of aryl methyl sites for hydroxylation is 3. The summed E-state index contributed by atoms with van der Waals surface area (Å²) < 4.78 is 3.19. The lowest BCUT2D eigenvalue weighted by Crippen LogP contribution is -2.53. The maximum absolute atomic E-state index is 11.7. The second-order valence-electron chi connectivity index (χ2n) is 13.1. The minimum atomic E-state index is -0.528. The van der Waals surface area contributed by atoms with E-state index in [-0.39, 0.29) is 19.6 Å². The third-order valence-corrected chi connectivity index (χ3v) is 8.78. The van der Waals surface area contributed by atoms with E-state index in [9.17, 15) is 14.4 Å². The highest BCUT2D eigenvalue weighted by Crippen LogP contribution is 2.28. The van der Waals surface area contributed by atoms with Crippen molar-refractivity contribution in [3.63, 3.8) is 0 Å². The van der Waals surface area contributed by atoms with Gasteiger partial charge in [-0.1, -0.05) is 69.2 Å². The highest BCUT2D eigenvalue weighted by atomic mass is 16.2. The normalized spacial score (nSPS) is 10.7. The van der Waals surface area contributed by atoms with Gasteiger partial charge in [0.1, 0.15) is 17.5 Å². The predicted molar refractivity (Wildman–Crippen MR) is 207 cm³/mol. The molecule has 0 aliphatic carbocycles. The minimum absolute atomic E-state index is 0.276. The first-order valence-electron chi connectivity index (χ1n) is 18.9. The van der Waals surface area contributed by atoms with Crippen LogP contribution in [0.1, 0.15) is 147 Å². The second-order valence-corrected chi connectivity index (χ2v) is 13.1. The maximum Gasteiger partial charge on any atom is 0.336 e. The van der Waals surface area contributed by atoms with Gasteiger partial charge in [0.25, 0.3) is 0 Å². The van der Waals surface area contributed by atoms with Gasteiger partial charge >= 0.3 is 17.1 Å². The molecular weight excluding hydrogens is 612 g/mol. The van der Waals surface area contributed by atoms with Crippen LogP contribution in [-0.2, 0) is 58.2 Å². The van der Waals surface area contributed by atoms with E-state index in [4.69, 9.17) is 0 Å². The Morgan fingerprint density at radius 2 is 0.653 bits per heavy atom. The fourth-order valence-electron chi connectivity index (χ4n) is 6.41. The molecule has 0 saturated heterocycles. The Hall–Kier alpha value is -3.36. The van der Waals surface area contributed by atoms with Crippen LogP contribution in [0.2, 0.25) is 0 Å². The predicted octanol–water partition coefficient (Wildman–Crippen LogP) is 7.78. The van der Waals surface area contributed by atoms with Crippen molar-refractivity contribution in [2.75, 3.05) is 0 Å². The van der Waals surface area contributed by atoms with Crippen LogP contribution in [0.5, 0.6) is 0 Å². The van der Waals surface area contributed by atoms with Crippen LogP contribution in [0.4, 0.5) is 0 Å². The zero-order valence-corrected chi connectivity index (χ0v) is 34.1. The van der Waals surface area contributed by atoms with E-state index in [2.05, 4.69) is 105 Å². The molecular formula is C40H70N6O3. The smallest absolute Gasteiger partial charge is 0.247 e. The molecule has 0 aliphatic rings. The Balaban J connectivity index is 0.000000648. The topological polar surface area (TPSA) is 105 Å². The molecule has 0 amide bonds. The monoisotopic (exact) mass is 683 g/mol. The molecule has 3 aromatic rings. The van der Waals surface area contributed by atoms with Crippen LogP contribution in [0.25, 0.3) is 0 Å². The van der Waals surface area contributed by atoms with Gasteiger partial charge in [0.05, 0.1) is 0 Å². The molecule has 9 nitrogen and oxygen atoms in total. The first kappa shape index (κ1) is 45.6. The number of rotatable bonds is 11. The molecule has 0 saturated carbocycles. The standard InChI is InChI=1S/C15H24.C9H15N3O3.C9H15N3.C7H16/c1-7-13-10(4)14(8-2)12(6)15(9-3)11(13)5;1-4-10-7(13)11(5-2)9(15)12(6-3)8(10)14;1-4-7-10-8(5-2)12-9(6-3)11-7;1-6(2)5-7(3)4/h7-9H2,1-6H3;4-6H2,1-3H3;4-6H2,1-3H3;6-7H,5H2,1-4H3. The van der Waals surface area contributed by atoms with Gasteiger partial charge in [-0.05, 0) is 112 Å². The van der Waals surface area contributed by atoms with Crippen LogP contribution in [0, 0.1) is 32.6 Å². The molecule has 0 N–H and O–H groups in total. The average Bonchev–Trinajstić information content (AvgIpc) is 3.06. The molecule has 3 rings (SSSR count). The summed E-state index contributed by atoms with van der Waals surface area (Å²) in [6.45, 7) is 34.8. The van der Waals surface area contributed by atoms with Crippen molar-refractivity contribution in [1.82, 2.24) is 28.7 Å². The highest BCUT2D eigenvalue weighted by Gasteiger charge is 2.14. The van der Waals surface area contributed by atoms with Gasteiger partial charge in [0.2, 0.25) is 0 Å². The van der Waals surface area contributed by atoms with Crippen molar-refractivity contribution in [1.29, 1.82) is 0 Å². The summed E-state index contributed by atoms with van der Waals surface area (Å²) in [5, 5.41) is 0. The molecule has 0 bridgehead atoms. The van der Waals surface area contributed by atoms with Crippen LogP contribution in [0.3, 0.4) is 0 Å². The van der Waals surface area contributed by atoms with Crippen molar-refractivity contribution >= 4 is 0 Å². The van der Waals surface area contributed by atoms with Crippen LogP contribution >= 0.6 is 0 Å². The molecule has 0 atom stereocenters. The minimum Gasteiger partial charge on any atom is -0.247 e. The molecule has 9 heteroatoms. The van der Waals surface area contributed by atoms with Gasteiger partial charge in [0, 0.05) is 38.9 Å². The first-order valence-corrected chi connectivity index (χ1v) is 18.9. The number of benzene rings is 1. The molecule has 0 spiro atoms. The summed E-state index contributed by atoms with van der Waals surface area (Å²) >= 11 is 0. The van der Waals surface area contributed by atoms with Crippen molar-refractivity contribution in [2.45, 2.75) is 175 Å². The molecule has 278 valence electrons.